The van der Waals surface area contributed by atoms with Crippen molar-refractivity contribution in [1.82, 2.24) is 0 Å². The fourth-order valence-corrected chi connectivity index (χ4v) is 2.18. The molecule has 5 nitrogen and oxygen atoms in total. The van der Waals surface area contributed by atoms with Gasteiger partial charge >= 0.3 is 7.12 Å². The Bertz CT molecular complexity index is 618. The minimum atomic E-state index is -0.511. The van der Waals surface area contributed by atoms with Gasteiger partial charge in [0.05, 0.1) is 16.9 Å². The standard InChI is InChI=1S/C16H21BN2O3/c1-15(2)16(3,4)22-17(21-15)13(10-18)9-12-7-5-6-8-14(12)19-11-20/h5-9H,10,18H2,1-4H3. The molecule has 1 saturated heterocycles. The van der Waals surface area contributed by atoms with Crippen LogP contribution in [0.25, 0.3) is 6.08 Å². The molecule has 0 radical (unpaired) electrons. The summed E-state index contributed by atoms with van der Waals surface area (Å²) in [6.45, 7) is 8.25. The summed E-state index contributed by atoms with van der Waals surface area (Å²) in [7, 11) is -0.511. The molecule has 2 N–H and O–H groups in total. The lowest BCUT2D eigenvalue weighted by atomic mass is 9.77. The highest BCUT2D eigenvalue weighted by molar-refractivity contribution is 6.56. The zero-order valence-electron chi connectivity index (χ0n) is 13.4. The highest BCUT2D eigenvalue weighted by Gasteiger charge is 2.52. The van der Waals surface area contributed by atoms with E-state index >= 15 is 0 Å². The Morgan fingerprint density at radius 2 is 1.86 bits per heavy atom. The summed E-state index contributed by atoms with van der Waals surface area (Å²) >= 11 is 0. The van der Waals surface area contributed by atoms with E-state index in [1.807, 2.05) is 52.0 Å². The Morgan fingerprint density at radius 3 is 2.41 bits per heavy atom. The second-order valence-corrected chi connectivity index (χ2v) is 6.27. The molecular formula is C16H21BN2O3. The van der Waals surface area contributed by atoms with E-state index in [4.69, 9.17) is 15.0 Å². The molecule has 0 saturated carbocycles. The number of carbonyl (C=O) groups excluding carboxylic acids is 1. The molecule has 0 atom stereocenters. The molecular weight excluding hydrogens is 279 g/mol. The first-order valence-electron chi connectivity index (χ1n) is 7.24. The van der Waals surface area contributed by atoms with Crippen LogP contribution in [0.15, 0.2) is 34.7 Å². The molecule has 0 amide bonds. The van der Waals surface area contributed by atoms with Crippen LogP contribution in [0, 0.1) is 0 Å². The van der Waals surface area contributed by atoms with E-state index in [2.05, 4.69) is 4.99 Å². The molecule has 1 aromatic rings. The van der Waals surface area contributed by atoms with Gasteiger partial charge in [0.25, 0.3) is 0 Å². The molecule has 1 heterocycles. The zero-order chi connectivity index (χ0) is 16.4. The van der Waals surface area contributed by atoms with Crippen molar-refractivity contribution in [1.29, 1.82) is 0 Å². The summed E-state index contributed by atoms with van der Waals surface area (Å²) in [6, 6.07) is 7.28. The summed E-state index contributed by atoms with van der Waals surface area (Å²) in [5.41, 5.74) is 7.14. The van der Waals surface area contributed by atoms with Crippen molar-refractivity contribution < 1.29 is 14.1 Å². The maximum Gasteiger partial charge on any atom is 0.491 e. The molecule has 0 aliphatic carbocycles. The van der Waals surface area contributed by atoms with Crippen molar-refractivity contribution in [2.45, 2.75) is 38.9 Å². The van der Waals surface area contributed by atoms with Crippen LogP contribution in [0.1, 0.15) is 33.3 Å². The molecule has 6 heteroatoms. The highest BCUT2D eigenvalue weighted by Crippen LogP contribution is 2.38. The molecule has 116 valence electrons. The molecule has 1 aliphatic rings. The van der Waals surface area contributed by atoms with Crippen LogP contribution >= 0.6 is 0 Å². The summed E-state index contributed by atoms with van der Waals surface area (Å²) in [5, 5.41) is 0. The van der Waals surface area contributed by atoms with Gasteiger partial charge in [-0.05, 0) is 39.2 Å². The van der Waals surface area contributed by atoms with E-state index in [1.54, 1.807) is 12.1 Å². The van der Waals surface area contributed by atoms with E-state index in [0.29, 0.717) is 5.69 Å². The molecule has 1 aromatic carbocycles. The third-order valence-corrected chi connectivity index (χ3v) is 4.24. The summed E-state index contributed by atoms with van der Waals surface area (Å²) in [6.07, 6.45) is 3.42. The minimum Gasteiger partial charge on any atom is -0.400 e. The SMILES string of the molecule is CC1(C)OB(C(=Cc2ccccc2N=C=O)CN)OC1(C)C. The van der Waals surface area contributed by atoms with Gasteiger partial charge in [-0.15, -0.1) is 0 Å². The predicted molar refractivity (Wildman–Crippen MR) is 87.3 cm³/mol. The Kier molecular flexibility index (Phi) is 4.68. The van der Waals surface area contributed by atoms with E-state index in [-0.39, 0.29) is 6.54 Å². The number of nitrogens with two attached hydrogens (primary N) is 1. The van der Waals surface area contributed by atoms with Crippen molar-refractivity contribution in [3.63, 3.8) is 0 Å². The average molecular weight is 300 g/mol. The molecule has 1 fully saturated rings. The number of isocyanates is 1. The number of aliphatic imine (C=N–C) groups is 1. The summed E-state index contributed by atoms with van der Waals surface area (Å²) in [4.78, 5) is 14.2. The smallest absolute Gasteiger partial charge is 0.400 e. The van der Waals surface area contributed by atoms with E-state index in [9.17, 15) is 4.79 Å². The van der Waals surface area contributed by atoms with Crippen LogP contribution in [0.5, 0.6) is 0 Å². The van der Waals surface area contributed by atoms with Crippen LogP contribution in [-0.4, -0.2) is 30.9 Å². The number of rotatable bonds is 4. The second-order valence-electron chi connectivity index (χ2n) is 6.27. The van der Waals surface area contributed by atoms with Gasteiger partial charge in [0.1, 0.15) is 0 Å². The largest absolute Gasteiger partial charge is 0.491 e. The van der Waals surface area contributed by atoms with Crippen LogP contribution in [0.3, 0.4) is 0 Å². The monoisotopic (exact) mass is 300 g/mol. The van der Waals surface area contributed by atoms with Gasteiger partial charge in [-0.1, -0.05) is 24.3 Å². The van der Waals surface area contributed by atoms with Gasteiger partial charge in [0.2, 0.25) is 6.08 Å². The fourth-order valence-electron chi connectivity index (χ4n) is 2.18. The first-order valence-corrected chi connectivity index (χ1v) is 7.24. The normalized spacial score (nSPS) is 19.9. The Labute approximate surface area is 131 Å². The lowest BCUT2D eigenvalue weighted by molar-refractivity contribution is 0.00578. The Hall–Kier alpha value is -1.72. The van der Waals surface area contributed by atoms with E-state index in [0.717, 1.165) is 11.0 Å². The van der Waals surface area contributed by atoms with E-state index < -0.39 is 18.3 Å². The van der Waals surface area contributed by atoms with Crippen LogP contribution in [-0.2, 0) is 14.1 Å². The lowest BCUT2D eigenvalue weighted by Gasteiger charge is -2.32. The number of hydrogen-bond donors (Lipinski definition) is 1. The van der Waals surface area contributed by atoms with Crippen LogP contribution < -0.4 is 5.73 Å². The zero-order valence-corrected chi connectivity index (χ0v) is 13.4. The highest BCUT2D eigenvalue weighted by atomic mass is 16.7. The van der Waals surface area contributed by atoms with Gasteiger partial charge in [0, 0.05) is 12.1 Å². The van der Waals surface area contributed by atoms with E-state index in [1.165, 1.54) is 0 Å². The van der Waals surface area contributed by atoms with Gasteiger partial charge in [-0.2, -0.15) is 4.99 Å². The minimum absolute atomic E-state index is 0.288. The molecule has 0 bridgehead atoms. The third kappa shape index (κ3) is 3.21. The number of nitrogens with zero attached hydrogens (tertiary/aromatic N) is 1. The Morgan fingerprint density at radius 1 is 1.27 bits per heavy atom. The molecule has 22 heavy (non-hydrogen) atoms. The van der Waals surface area contributed by atoms with Gasteiger partial charge < -0.3 is 15.0 Å². The van der Waals surface area contributed by atoms with Crippen molar-refractivity contribution in [2.75, 3.05) is 6.54 Å². The third-order valence-electron chi connectivity index (χ3n) is 4.24. The molecule has 0 unspecified atom stereocenters. The first kappa shape index (κ1) is 16.7. The van der Waals surface area contributed by atoms with Crippen LogP contribution in [0.2, 0.25) is 0 Å². The molecule has 0 spiro atoms. The van der Waals surface area contributed by atoms with Gasteiger partial charge in [0.15, 0.2) is 0 Å². The van der Waals surface area contributed by atoms with Crippen molar-refractivity contribution in [3.05, 3.63) is 35.3 Å². The number of hydrogen-bond acceptors (Lipinski definition) is 5. The quantitative estimate of drug-likeness (QED) is 0.527. The van der Waals surface area contributed by atoms with Crippen LogP contribution in [0.4, 0.5) is 5.69 Å². The Balaban J connectivity index is 2.36. The second kappa shape index (κ2) is 6.19. The van der Waals surface area contributed by atoms with Gasteiger partial charge in [-0.3, -0.25) is 0 Å². The molecule has 1 aliphatic heterocycles. The molecule has 2 rings (SSSR count). The first-order chi connectivity index (χ1) is 10.3. The molecule has 0 aromatic heterocycles. The summed E-state index contributed by atoms with van der Waals surface area (Å²) < 4.78 is 12.0. The lowest BCUT2D eigenvalue weighted by Crippen LogP contribution is -2.41. The fraction of sp³-hybridized carbons (Fsp3) is 0.438. The maximum absolute atomic E-state index is 10.5. The van der Waals surface area contributed by atoms with Gasteiger partial charge in [-0.25, -0.2) is 4.79 Å². The number of para-hydroxylation sites is 1. The predicted octanol–water partition coefficient (Wildman–Crippen LogP) is 2.63. The average Bonchev–Trinajstić information content (AvgIpc) is 2.66. The summed E-state index contributed by atoms with van der Waals surface area (Å²) in [5.74, 6) is 0. The van der Waals surface area contributed by atoms with Crippen molar-refractivity contribution in [3.8, 4) is 0 Å². The van der Waals surface area contributed by atoms with Crippen molar-refractivity contribution >= 4 is 25.0 Å². The maximum atomic E-state index is 10.5. The topological polar surface area (TPSA) is 73.9 Å². The van der Waals surface area contributed by atoms with Crippen molar-refractivity contribution in [2.24, 2.45) is 10.7 Å². The number of benzene rings is 1.